The van der Waals surface area contributed by atoms with Crippen molar-refractivity contribution in [1.82, 2.24) is 21.3 Å². The highest BCUT2D eigenvalue weighted by Gasteiger charge is 2.37. The molecule has 2 rings (SSSR count). The van der Waals surface area contributed by atoms with E-state index in [1.165, 1.54) is 5.19 Å². The molecule has 46 heavy (non-hydrogen) atoms. The van der Waals surface area contributed by atoms with Crippen LogP contribution in [0.25, 0.3) is 0 Å². The summed E-state index contributed by atoms with van der Waals surface area (Å²) in [6, 6.07) is 15.7. The van der Waals surface area contributed by atoms with E-state index in [1.807, 2.05) is 56.3 Å². The number of rotatable bonds is 15. The summed E-state index contributed by atoms with van der Waals surface area (Å²) in [5.41, 5.74) is 6.84. The molecule has 0 spiro atoms. The molecule has 0 radical (unpaired) electrons. The van der Waals surface area contributed by atoms with Gasteiger partial charge in [-0.15, -0.1) is 0 Å². The number of nitrogens with one attached hydrogen (secondary N) is 4. The molecule has 6 N–H and O–H groups in total. The zero-order valence-electron chi connectivity index (χ0n) is 28.7. The van der Waals surface area contributed by atoms with Crippen molar-refractivity contribution in [3.63, 3.8) is 0 Å². The summed E-state index contributed by atoms with van der Waals surface area (Å²) in [5, 5.41) is 12.5. The van der Waals surface area contributed by atoms with Crippen molar-refractivity contribution in [2.75, 3.05) is 13.1 Å². The van der Waals surface area contributed by atoms with Gasteiger partial charge in [0.25, 0.3) is 0 Å². The fourth-order valence-corrected chi connectivity index (χ4v) is 11.3. The Kier molecular flexibility index (Phi) is 14.2. The second-order valence-corrected chi connectivity index (χ2v) is 19.4. The molecule has 0 aliphatic heterocycles. The van der Waals surface area contributed by atoms with E-state index in [0.29, 0.717) is 0 Å². The molecule has 10 nitrogen and oxygen atoms in total. The number of hydrogen-bond acceptors (Lipinski definition) is 5. The summed E-state index contributed by atoms with van der Waals surface area (Å²) in [6.07, 6.45) is 0.277. The Morgan fingerprint density at radius 3 is 1.85 bits per heavy atom. The first kappa shape index (κ1) is 38.2. The lowest BCUT2D eigenvalue weighted by Crippen LogP contribution is -2.51. The smallest absolute Gasteiger partial charge is 0.243 e. The lowest BCUT2D eigenvalue weighted by Gasteiger charge is -2.39. The van der Waals surface area contributed by atoms with Crippen LogP contribution < -0.4 is 32.2 Å². The highest BCUT2D eigenvalue weighted by atomic mass is 28.3. The maximum Gasteiger partial charge on any atom is 0.243 e. The number of primary amides is 1. The molecule has 2 atom stereocenters. The first-order chi connectivity index (χ1) is 21.4. The third-order valence-electron chi connectivity index (χ3n) is 7.70. The van der Waals surface area contributed by atoms with Crippen molar-refractivity contribution >= 4 is 43.5 Å². The molecule has 0 aliphatic carbocycles. The van der Waals surface area contributed by atoms with E-state index in [0.717, 1.165) is 11.1 Å². The Morgan fingerprint density at radius 2 is 1.33 bits per heavy atom. The maximum atomic E-state index is 13.0. The molecular weight excluding hydrogens is 599 g/mol. The monoisotopic (exact) mass is 651 g/mol. The van der Waals surface area contributed by atoms with E-state index >= 15 is 0 Å². The van der Waals surface area contributed by atoms with Crippen LogP contribution in [0.3, 0.4) is 0 Å². The van der Waals surface area contributed by atoms with Gasteiger partial charge < -0.3 is 27.0 Å². The van der Waals surface area contributed by atoms with Crippen LogP contribution in [-0.4, -0.2) is 63.5 Å². The molecule has 2 aromatic rings. The van der Waals surface area contributed by atoms with Gasteiger partial charge in [0.15, 0.2) is 0 Å². The van der Waals surface area contributed by atoms with Crippen LogP contribution in [0.1, 0.15) is 72.9 Å². The standard InChI is InChI=1S/C35H53N5O5Si/c1-23(2)31(40-30(43)21-25-14-16-26(17-15-25)46(34(3,4)5)35(6,7)8)33(45)37-19-18-29(42)39-27(32(44)38-22-28(36)41)20-24-12-10-9-11-13-24/h9-17,23,27,31,46H,18-22H2,1-8H3,(H2,36,41)(H,37,45)(H,38,44)(H,39,42)(H,40,43)/t27-,31-/m0/s1. The molecule has 0 aromatic heterocycles. The zero-order valence-corrected chi connectivity index (χ0v) is 29.8. The number of carbonyl (C=O) groups excluding carboxylic acids is 5. The van der Waals surface area contributed by atoms with Gasteiger partial charge in [-0.3, -0.25) is 24.0 Å². The van der Waals surface area contributed by atoms with Gasteiger partial charge in [0.2, 0.25) is 29.5 Å². The van der Waals surface area contributed by atoms with Crippen LogP contribution in [-0.2, 0) is 36.8 Å². The molecule has 252 valence electrons. The summed E-state index contributed by atoms with van der Waals surface area (Å²) in [4.78, 5) is 62.5. The van der Waals surface area contributed by atoms with Crippen LogP contribution in [0.4, 0.5) is 0 Å². The minimum absolute atomic E-state index is 0.0127. The van der Waals surface area contributed by atoms with E-state index in [2.05, 4.69) is 74.9 Å². The van der Waals surface area contributed by atoms with Gasteiger partial charge in [0.1, 0.15) is 12.1 Å². The van der Waals surface area contributed by atoms with Gasteiger partial charge in [0, 0.05) is 19.4 Å². The highest BCUT2D eigenvalue weighted by molar-refractivity contribution is 6.78. The third-order valence-corrected chi connectivity index (χ3v) is 12.2. The lowest BCUT2D eigenvalue weighted by atomic mass is 10.0. The Balaban J connectivity index is 1.95. The molecule has 5 amide bonds. The Bertz CT molecular complexity index is 1320. The summed E-state index contributed by atoms with van der Waals surface area (Å²) >= 11 is 0. The molecule has 0 unspecified atom stereocenters. The molecule has 0 fully saturated rings. The SMILES string of the molecule is CC(C)[C@H](NC(=O)Cc1ccc([SiH](C(C)(C)C)C(C)(C)C)cc1)C(=O)NCCC(=O)N[C@@H](Cc1ccccc1)C(=O)NCC(N)=O. The lowest BCUT2D eigenvalue weighted by molar-refractivity contribution is -0.131. The molecule has 0 saturated carbocycles. The molecular formula is C35H53N5O5Si. The topological polar surface area (TPSA) is 159 Å². The van der Waals surface area contributed by atoms with E-state index in [-0.39, 0.29) is 54.3 Å². The average molecular weight is 652 g/mol. The van der Waals surface area contributed by atoms with Crippen molar-refractivity contribution in [2.45, 2.75) is 96.8 Å². The Morgan fingerprint density at radius 1 is 0.739 bits per heavy atom. The quantitative estimate of drug-likeness (QED) is 0.187. The van der Waals surface area contributed by atoms with Crippen LogP contribution >= 0.6 is 0 Å². The fourth-order valence-electron chi connectivity index (χ4n) is 6.10. The summed E-state index contributed by atoms with van der Waals surface area (Å²) in [5.74, 6) is -2.52. The predicted molar refractivity (Wildman–Crippen MR) is 185 cm³/mol. The zero-order chi connectivity index (χ0) is 34.7. The minimum atomic E-state index is -1.35. The second kappa shape index (κ2) is 17.1. The molecule has 0 saturated heterocycles. The summed E-state index contributed by atoms with van der Waals surface area (Å²) < 4.78 is 0. The van der Waals surface area contributed by atoms with E-state index < -0.39 is 44.5 Å². The number of carbonyl (C=O) groups is 5. The Labute approximate surface area is 275 Å². The second-order valence-electron chi connectivity index (χ2n) is 14.4. The Hall–Kier alpha value is -3.99. The van der Waals surface area contributed by atoms with Gasteiger partial charge in [-0.1, -0.05) is 115 Å². The molecule has 2 aromatic carbocycles. The minimum Gasteiger partial charge on any atom is -0.368 e. The molecule has 0 heterocycles. The van der Waals surface area contributed by atoms with E-state index in [9.17, 15) is 24.0 Å². The average Bonchev–Trinajstić information content (AvgIpc) is 2.94. The summed E-state index contributed by atoms with van der Waals surface area (Å²) in [7, 11) is -1.35. The number of nitrogens with two attached hydrogens (primary N) is 1. The van der Waals surface area contributed by atoms with E-state index in [4.69, 9.17) is 5.73 Å². The van der Waals surface area contributed by atoms with Crippen LogP contribution in [0, 0.1) is 5.92 Å². The first-order valence-corrected chi connectivity index (χ1v) is 17.7. The van der Waals surface area contributed by atoms with Gasteiger partial charge in [-0.05, 0) is 27.1 Å². The third kappa shape index (κ3) is 12.8. The highest BCUT2D eigenvalue weighted by Crippen LogP contribution is 2.41. The number of hydrogen-bond donors (Lipinski definition) is 5. The van der Waals surface area contributed by atoms with Crippen molar-refractivity contribution < 1.29 is 24.0 Å². The number of amides is 5. The largest absolute Gasteiger partial charge is 0.368 e. The predicted octanol–water partition coefficient (Wildman–Crippen LogP) is 2.24. The van der Waals surface area contributed by atoms with Crippen LogP contribution in [0.5, 0.6) is 0 Å². The van der Waals surface area contributed by atoms with Gasteiger partial charge in [0.05, 0.1) is 21.8 Å². The van der Waals surface area contributed by atoms with Crippen LogP contribution in [0.15, 0.2) is 54.6 Å². The van der Waals surface area contributed by atoms with Crippen molar-refractivity contribution in [2.24, 2.45) is 11.7 Å². The molecule has 11 heteroatoms. The van der Waals surface area contributed by atoms with Gasteiger partial charge in [-0.2, -0.15) is 0 Å². The van der Waals surface area contributed by atoms with Gasteiger partial charge in [-0.25, -0.2) is 0 Å². The van der Waals surface area contributed by atoms with Crippen LogP contribution in [0.2, 0.25) is 10.1 Å². The number of benzene rings is 2. The van der Waals surface area contributed by atoms with E-state index in [1.54, 1.807) is 0 Å². The first-order valence-electron chi connectivity index (χ1n) is 15.9. The van der Waals surface area contributed by atoms with Crippen molar-refractivity contribution in [1.29, 1.82) is 0 Å². The van der Waals surface area contributed by atoms with Crippen molar-refractivity contribution in [3.05, 3.63) is 65.7 Å². The molecule has 0 bridgehead atoms. The normalized spacial score (nSPS) is 13.1. The fraction of sp³-hybridized carbons (Fsp3) is 0.514. The molecule has 0 aliphatic rings. The van der Waals surface area contributed by atoms with Gasteiger partial charge >= 0.3 is 0 Å². The van der Waals surface area contributed by atoms with Crippen molar-refractivity contribution in [3.8, 4) is 0 Å². The maximum absolute atomic E-state index is 13.0. The summed E-state index contributed by atoms with van der Waals surface area (Å²) in [6.45, 7) is 17.2.